The molecule has 0 saturated heterocycles. The van der Waals surface area contributed by atoms with Crippen LogP contribution in [0.4, 0.5) is 0 Å². The van der Waals surface area contributed by atoms with Gasteiger partial charge in [0.1, 0.15) is 11.5 Å². The predicted octanol–water partition coefficient (Wildman–Crippen LogP) is 5.29. The molecule has 0 aromatic heterocycles. The summed E-state index contributed by atoms with van der Waals surface area (Å²) in [6.45, 7) is 0. The van der Waals surface area contributed by atoms with Crippen molar-refractivity contribution in [2.75, 3.05) is 28.4 Å². The molecular weight excluding hydrogens is 376 g/mol. The Morgan fingerprint density at radius 1 is 0.500 bits per heavy atom. The van der Waals surface area contributed by atoms with Crippen molar-refractivity contribution < 1.29 is 18.9 Å². The van der Waals surface area contributed by atoms with Crippen LogP contribution in [0.5, 0.6) is 23.0 Å². The molecular formula is C26H30O4. The number of ether oxygens (including phenoxy) is 4. The first-order valence-corrected chi connectivity index (χ1v) is 10.2. The van der Waals surface area contributed by atoms with Gasteiger partial charge in [0.25, 0.3) is 0 Å². The van der Waals surface area contributed by atoms with Crippen molar-refractivity contribution in [1.29, 1.82) is 0 Å². The maximum absolute atomic E-state index is 5.55. The van der Waals surface area contributed by atoms with Crippen molar-refractivity contribution in [3.63, 3.8) is 0 Å². The maximum Gasteiger partial charge on any atom is 0.161 e. The van der Waals surface area contributed by atoms with E-state index in [1.54, 1.807) is 28.4 Å². The van der Waals surface area contributed by atoms with Crippen LogP contribution < -0.4 is 18.9 Å². The van der Waals surface area contributed by atoms with Crippen molar-refractivity contribution in [3.05, 3.63) is 82.9 Å². The molecule has 3 aromatic rings. The third-order valence-corrected chi connectivity index (χ3v) is 5.33. The summed E-state index contributed by atoms with van der Waals surface area (Å²) in [5, 5.41) is 0. The Morgan fingerprint density at radius 2 is 1.00 bits per heavy atom. The molecule has 3 rings (SSSR count). The maximum atomic E-state index is 5.55. The monoisotopic (exact) mass is 406 g/mol. The van der Waals surface area contributed by atoms with Crippen LogP contribution in [0, 0.1) is 0 Å². The smallest absolute Gasteiger partial charge is 0.161 e. The van der Waals surface area contributed by atoms with Gasteiger partial charge in [0.05, 0.1) is 28.4 Å². The highest BCUT2D eigenvalue weighted by Gasteiger charge is 2.12. The minimum Gasteiger partial charge on any atom is -0.497 e. The Hall–Kier alpha value is -3.14. The molecule has 0 aliphatic rings. The number of methoxy groups -OCH3 is 4. The minimum absolute atomic E-state index is 0.763. The van der Waals surface area contributed by atoms with Gasteiger partial charge in [-0.2, -0.15) is 0 Å². The summed E-state index contributed by atoms with van der Waals surface area (Å²) in [5.74, 6) is 3.15. The fourth-order valence-corrected chi connectivity index (χ4v) is 3.64. The highest BCUT2D eigenvalue weighted by atomic mass is 16.5. The molecule has 0 bridgehead atoms. The SMILES string of the molecule is COc1cc(CCc2cc(OC)c(OC)cc2CCc2ccccc2)cc(OC)c1. The van der Waals surface area contributed by atoms with Gasteiger partial charge in [0, 0.05) is 6.07 Å². The molecule has 0 heterocycles. The molecule has 0 amide bonds. The van der Waals surface area contributed by atoms with E-state index >= 15 is 0 Å². The average molecular weight is 407 g/mol. The molecule has 4 heteroatoms. The second-order valence-electron chi connectivity index (χ2n) is 7.18. The van der Waals surface area contributed by atoms with Crippen LogP contribution in [-0.2, 0) is 25.7 Å². The zero-order chi connectivity index (χ0) is 21.3. The molecule has 3 aromatic carbocycles. The number of aryl methyl sites for hydroxylation is 4. The van der Waals surface area contributed by atoms with Gasteiger partial charge in [-0.15, -0.1) is 0 Å². The van der Waals surface area contributed by atoms with Crippen molar-refractivity contribution in [2.45, 2.75) is 25.7 Å². The molecule has 158 valence electrons. The number of hydrogen-bond donors (Lipinski definition) is 0. The average Bonchev–Trinajstić information content (AvgIpc) is 2.81. The van der Waals surface area contributed by atoms with E-state index in [4.69, 9.17) is 18.9 Å². The Bertz CT molecular complexity index is 928. The van der Waals surface area contributed by atoms with Crippen LogP contribution in [0.25, 0.3) is 0 Å². The zero-order valence-electron chi connectivity index (χ0n) is 18.2. The highest BCUT2D eigenvalue weighted by molar-refractivity contribution is 5.48. The van der Waals surface area contributed by atoms with E-state index in [0.717, 1.165) is 48.7 Å². The summed E-state index contributed by atoms with van der Waals surface area (Å²) in [7, 11) is 6.71. The Morgan fingerprint density at radius 3 is 1.47 bits per heavy atom. The van der Waals surface area contributed by atoms with Crippen molar-refractivity contribution >= 4 is 0 Å². The number of hydrogen-bond acceptors (Lipinski definition) is 4. The Labute approximate surface area is 179 Å². The van der Waals surface area contributed by atoms with Crippen molar-refractivity contribution in [2.24, 2.45) is 0 Å². The predicted molar refractivity (Wildman–Crippen MR) is 120 cm³/mol. The van der Waals surface area contributed by atoms with Gasteiger partial charge in [0.2, 0.25) is 0 Å². The van der Waals surface area contributed by atoms with E-state index in [1.807, 2.05) is 12.1 Å². The van der Waals surface area contributed by atoms with Crippen LogP contribution in [0.15, 0.2) is 60.7 Å². The lowest BCUT2D eigenvalue weighted by Crippen LogP contribution is -2.03. The first-order chi connectivity index (χ1) is 14.7. The molecule has 0 spiro atoms. The van der Waals surface area contributed by atoms with Crippen LogP contribution >= 0.6 is 0 Å². The van der Waals surface area contributed by atoms with E-state index in [1.165, 1.54) is 22.3 Å². The van der Waals surface area contributed by atoms with Crippen LogP contribution in [0.2, 0.25) is 0 Å². The third kappa shape index (κ3) is 5.47. The molecule has 0 aliphatic heterocycles. The quantitative estimate of drug-likeness (QED) is 0.458. The van der Waals surface area contributed by atoms with E-state index in [-0.39, 0.29) is 0 Å². The third-order valence-electron chi connectivity index (χ3n) is 5.33. The van der Waals surface area contributed by atoms with Gasteiger partial charge >= 0.3 is 0 Å². The summed E-state index contributed by atoms with van der Waals surface area (Å²) in [6.07, 6.45) is 3.69. The molecule has 0 unspecified atom stereocenters. The molecule has 0 radical (unpaired) electrons. The number of benzene rings is 3. The van der Waals surface area contributed by atoms with E-state index in [2.05, 4.69) is 48.5 Å². The molecule has 0 aliphatic carbocycles. The summed E-state index contributed by atoms with van der Waals surface area (Å²) >= 11 is 0. The molecule has 30 heavy (non-hydrogen) atoms. The fraction of sp³-hybridized carbons (Fsp3) is 0.308. The lowest BCUT2D eigenvalue weighted by Gasteiger charge is -2.16. The fourth-order valence-electron chi connectivity index (χ4n) is 3.64. The van der Waals surface area contributed by atoms with Gasteiger partial charge < -0.3 is 18.9 Å². The molecule has 0 fully saturated rings. The van der Waals surface area contributed by atoms with E-state index < -0.39 is 0 Å². The second-order valence-corrected chi connectivity index (χ2v) is 7.18. The van der Waals surface area contributed by atoms with E-state index in [9.17, 15) is 0 Å². The Balaban J connectivity index is 1.84. The van der Waals surface area contributed by atoms with E-state index in [0.29, 0.717) is 0 Å². The zero-order valence-corrected chi connectivity index (χ0v) is 18.2. The van der Waals surface area contributed by atoms with Crippen LogP contribution in [0.1, 0.15) is 22.3 Å². The minimum atomic E-state index is 0.763. The topological polar surface area (TPSA) is 36.9 Å². The van der Waals surface area contributed by atoms with Crippen LogP contribution in [-0.4, -0.2) is 28.4 Å². The van der Waals surface area contributed by atoms with Gasteiger partial charge in [-0.05, 0) is 72.2 Å². The second kappa shape index (κ2) is 10.6. The molecule has 0 N–H and O–H groups in total. The summed E-state index contributed by atoms with van der Waals surface area (Å²) in [5.41, 5.74) is 5.06. The first kappa shape index (κ1) is 21.6. The number of rotatable bonds is 10. The van der Waals surface area contributed by atoms with Gasteiger partial charge in [-0.1, -0.05) is 30.3 Å². The lowest BCUT2D eigenvalue weighted by atomic mass is 9.94. The normalized spacial score (nSPS) is 10.5. The first-order valence-electron chi connectivity index (χ1n) is 10.2. The summed E-state index contributed by atoms with van der Waals surface area (Å²) in [6, 6.07) is 20.8. The Kier molecular flexibility index (Phi) is 7.61. The standard InChI is InChI=1S/C26H30O4/c1-27-23-14-20(15-24(18-23)28-2)11-13-22-17-26(30-4)25(29-3)16-21(22)12-10-19-8-6-5-7-9-19/h5-9,14-18H,10-13H2,1-4H3. The van der Waals surface area contributed by atoms with Gasteiger partial charge in [-0.3, -0.25) is 0 Å². The van der Waals surface area contributed by atoms with Crippen molar-refractivity contribution in [3.8, 4) is 23.0 Å². The molecule has 0 atom stereocenters. The highest BCUT2D eigenvalue weighted by Crippen LogP contribution is 2.32. The lowest BCUT2D eigenvalue weighted by molar-refractivity contribution is 0.354. The van der Waals surface area contributed by atoms with Gasteiger partial charge in [-0.25, -0.2) is 0 Å². The molecule has 0 saturated carbocycles. The van der Waals surface area contributed by atoms with Crippen molar-refractivity contribution in [1.82, 2.24) is 0 Å². The summed E-state index contributed by atoms with van der Waals surface area (Å²) < 4.78 is 21.9. The van der Waals surface area contributed by atoms with Crippen LogP contribution in [0.3, 0.4) is 0 Å². The largest absolute Gasteiger partial charge is 0.497 e. The van der Waals surface area contributed by atoms with Gasteiger partial charge in [0.15, 0.2) is 11.5 Å². The molecule has 4 nitrogen and oxygen atoms in total. The summed E-state index contributed by atoms with van der Waals surface area (Å²) in [4.78, 5) is 0.